The standard InChI is InChI=1S/C21H19ClF4N2O5S/c1-33-15-8-6-12(17(22)18(15)23)19(20(30,21(24,25)26)10-34(2,31)32)28-14-5-3-4-13-11(14)7-9-16(29)27-13/h3-9,19,28,30H,10H2,1-2H3,(H,27,29)/t19-,20-/m1/s1. The first-order chi connectivity index (χ1) is 15.7. The molecule has 3 rings (SSSR count). The summed E-state index contributed by atoms with van der Waals surface area (Å²) in [6.07, 6.45) is -4.97. The monoisotopic (exact) mass is 522 g/mol. The van der Waals surface area contributed by atoms with Gasteiger partial charge in [0.25, 0.3) is 0 Å². The Morgan fingerprint density at radius 3 is 2.44 bits per heavy atom. The van der Waals surface area contributed by atoms with Gasteiger partial charge in [0.2, 0.25) is 5.56 Å². The van der Waals surface area contributed by atoms with Gasteiger partial charge in [-0.05, 0) is 29.8 Å². The van der Waals surface area contributed by atoms with E-state index in [4.69, 9.17) is 16.3 Å². The lowest BCUT2D eigenvalue weighted by Gasteiger charge is -2.39. The molecule has 1 heterocycles. The molecule has 0 radical (unpaired) electrons. The number of H-pyrrole nitrogens is 1. The molecule has 3 aromatic rings. The third kappa shape index (κ3) is 4.98. The molecule has 0 aliphatic rings. The van der Waals surface area contributed by atoms with Crippen molar-refractivity contribution in [2.24, 2.45) is 0 Å². The average Bonchev–Trinajstić information content (AvgIpc) is 2.72. The zero-order valence-electron chi connectivity index (χ0n) is 17.7. The Morgan fingerprint density at radius 2 is 1.85 bits per heavy atom. The maximum Gasteiger partial charge on any atom is 0.420 e. The van der Waals surface area contributed by atoms with Crippen LogP contribution in [0.1, 0.15) is 11.6 Å². The van der Waals surface area contributed by atoms with Crippen LogP contribution in [0, 0.1) is 5.82 Å². The number of ether oxygens (including phenoxy) is 1. The number of fused-ring (bicyclic) bond motifs is 1. The Hall–Kier alpha value is -2.83. The van der Waals surface area contributed by atoms with Gasteiger partial charge in [0.1, 0.15) is 0 Å². The molecule has 0 fully saturated rings. The summed E-state index contributed by atoms with van der Waals surface area (Å²) in [5, 5.41) is 12.8. The van der Waals surface area contributed by atoms with Gasteiger partial charge >= 0.3 is 6.18 Å². The Bertz CT molecular complexity index is 1390. The van der Waals surface area contributed by atoms with Crippen LogP contribution in [-0.4, -0.2) is 49.4 Å². The number of nitrogens with one attached hydrogen (secondary N) is 2. The van der Waals surface area contributed by atoms with E-state index in [0.29, 0.717) is 6.26 Å². The lowest BCUT2D eigenvalue weighted by atomic mass is 9.88. The van der Waals surface area contributed by atoms with E-state index >= 15 is 0 Å². The number of aromatic nitrogens is 1. The molecule has 13 heteroatoms. The number of methoxy groups -OCH3 is 1. The van der Waals surface area contributed by atoms with E-state index in [1.165, 1.54) is 24.3 Å². The molecule has 2 atom stereocenters. The minimum Gasteiger partial charge on any atom is -0.494 e. The normalized spacial score (nSPS) is 15.1. The number of benzene rings is 2. The second-order valence-electron chi connectivity index (χ2n) is 7.64. The highest BCUT2D eigenvalue weighted by molar-refractivity contribution is 7.90. The Morgan fingerprint density at radius 1 is 1.18 bits per heavy atom. The van der Waals surface area contributed by atoms with E-state index in [1.807, 2.05) is 0 Å². The molecule has 0 unspecified atom stereocenters. The van der Waals surface area contributed by atoms with E-state index < -0.39 is 55.4 Å². The van der Waals surface area contributed by atoms with Gasteiger partial charge in [-0.3, -0.25) is 4.79 Å². The van der Waals surface area contributed by atoms with Gasteiger partial charge < -0.3 is 20.1 Å². The number of sulfone groups is 1. The Kier molecular flexibility index (Phi) is 6.89. The first kappa shape index (κ1) is 25.8. The molecule has 184 valence electrons. The third-order valence-corrected chi connectivity index (χ3v) is 6.47. The molecule has 0 bridgehead atoms. The fraction of sp³-hybridized carbons (Fsp3) is 0.286. The maximum absolute atomic E-state index is 14.7. The second-order valence-corrected chi connectivity index (χ2v) is 10.2. The Balaban J connectivity index is 2.31. The molecular weight excluding hydrogens is 504 g/mol. The van der Waals surface area contributed by atoms with Crippen LogP contribution in [0.2, 0.25) is 5.02 Å². The molecule has 0 amide bonds. The lowest BCUT2D eigenvalue weighted by molar-refractivity contribution is -0.257. The third-order valence-electron chi connectivity index (χ3n) is 5.12. The van der Waals surface area contributed by atoms with Crippen molar-refractivity contribution >= 4 is 38.0 Å². The number of rotatable bonds is 7. The van der Waals surface area contributed by atoms with Crippen molar-refractivity contribution in [2.75, 3.05) is 24.4 Å². The fourth-order valence-electron chi connectivity index (χ4n) is 3.58. The van der Waals surface area contributed by atoms with Crippen molar-refractivity contribution in [2.45, 2.75) is 17.8 Å². The van der Waals surface area contributed by atoms with Crippen molar-refractivity contribution in [1.29, 1.82) is 0 Å². The summed E-state index contributed by atoms with van der Waals surface area (Å²) >= 11 is 6.03. The van der Waals surface area contributed by atoms with Crippen molar-refractivity contribution in [3.8, 4) is 5.75 Å². The zero-order chi connectivity index (χ0) is 25.5. The van der Waals surface area contributed by atoms with Crippen molar-refractivity contribution < 1.29 is 35.8 Å². The lowest BCUT2D eigenvalue weighted by Crippen LogP contribution is -2.57. The highest BCUT2D eigenvalue weighted by atomic mass is 35.5. The molecule has 0 saturated carbocycles. The molecule has 34 heavy (non-hydrogen) atoms. The summed E-state index contributed by atoms with van der Waals surface area (Å²) < 4.78 is 86.1. The number of anilines is 1. The topological polar surface area (TPSA) is 108 Å². The number of hydrogen-bond acceptors (Lipinski definition) is 6. The van der Waals surface area contributed by atoms with Crippen LogP contribution >= 0.6 is 11.6 Å². The van der Waals surface area contributed by atoms with E-state index in [0.717, 1.165) is 25.3 Å². The first-order valence-electron chi connectivity index (χ1n) is 9.55. The molecule has 1 aromatic heterocycles. The van der Waals surface area contributed by atoms with E-state index in [2.05, 4.69) is 10.3 Å². The van der Waals surface area contributed by atoms with Crippen molar-refractivity contribution in [1.82, 2.24) is 4.98 Å². The van der Waals surface area contributed by atoms with Crippen molar-refractivity contribution in [3.63, 3.8) is 0 Å². The van der Waals surface area contributed by atoms with Gasteiger partial charge in [-0.15, -0.1) is 0 Å². The molecule has 3 N–H and O–H groups in total. The van der Waals surface area contributed by atoms with Gasteiger partial charge in [0.05, 0.1) is 29.4 Å². The minimum absolute atomic E-state index is 0.0118. The summed E-state index contributed by atoms with van der Waals surface area (Å²) in [4.78, 5) is 14.1. The number of hydrogen-bond donors (Lipinski definition) is 3. The smallest absolute Gasteiger partial charge is 0.420 e. The van der Waals surface area contributed by atoms with Gasteiger partial charge in [-0.2, -0.15) is 13.2 Å². The van der Waals surface area contributed by atoms with Gasteiger partial charge in [0, 0.05) is 23.4 Å². The van der Waals surface area contributed by atoms with E-state index in [9.17, 15) is 35.9 Å². The van der Waals surface area contributed by atoms with Crippen LogP contribution in [0.25, 0.3) is 10.9 Å². The van der Waals surface area contributed by atoms with Gasteiger partial charge in [-0.25, -0.2) is 12.8 Å². The highest BCUT2D eigenvalue weighted by Gasteiger charge is 2.61. The summed E-state index contributed by atoms with van der Waals surface area (Å²) in [7, 11) is -3.29. The van der Waals surface area contributed by atoms with Crippen molar-refractivity contribution in [3.05, 3.63) is 69.2 Å². The molecule has 2 aromatic carbocycles. The minimum atomic E-state index is -5.49. The van der Waals surface area contributed by atoms with Crippen LogP contribution in [0.4, 0.5) is 23.2 Å². The predicted molar refractivity (Wildman–Crippen MR) is 120 cm³/mol. The van der Waals surface area contributed by atoms with Gasteiger partial charge in [0.15, 0.2) is 27.0 Å². The first-order valence-corrected chi connectivity index (χ1v) is 12.0. The molecule has 7 nitrogen and oxygen atoms in total. The summed E-state index contributed by atoms with van der Waals surface area (Å²) in [6.45, 7) is 0. The predicted octanol–water partition coefficient (Wildman–Crippen LogP) is 3.82. The number of pyridine rings is 1. The number of halogens is 5. The largest absolute Gasteiger partial charge is 0.494 e. The zero-order valence-corrected chi connectivity index (χ0v) is 19.3. The van der Waals surface area contributed by atoms with E-state index in [-0.39, 0.29) is 22.3 Å². The highest BCUT2D eigenvalue weighted by Crippen LogP contribution is 2.46. The second kappa shape index (κ2) is 9.08. The van der Waals surface area contributed by atoms with Gasteiger partial charge in [-0.1, -0.05) is 23.7 Å². The summed E-state index contributed by atoms with van der Waals surface area (Å²) in [5.41, 5.74) is -4.73. The fourth-order valence-corrected chi connectivity index (χ4v) is 4.97. The average molecular weight is 523 g/mol. The SMILES string of the molecule is COc1ccc([C@@H](Nc2cccc3[nH]c(=O)ccc23)[C@](O)(CS(C)(=O)=O)C(F)(F)F)c(Cl)c1F. The van der Waals surface area contributed by atoms with Crippen LogP contribution < -0.4 is 15.6 Å². The molecule has 0 aliphatic carbocycles. The van der Waals surface area contributed by atoms with Crippen LogP contribution in [0.5, 0.6) is 5.75 Å². The molecule has 0 saturated heterocycles. The van der Waals surface area contributed by atoms with Crippen LogP contribution in [-0.2, 0) is 9.84 Å². The quantitative estimate of drug-likeness (QED) is 0.407. The molecule has 0 spiro atoms. The molecular formula is C21H19ClF4N2O5S. The summed E-state index contributed by atoms with van der Waals surface area (Å²) in [6, 6.07) is 6.42. The molecule has 0 aliphatic heterocycles. The number of aliphatic hydroxyl groups is 1. The number of aromatic amines is 1. The van der Waals surface area contributed by atoms with Crippen LogP contribution in [0.3, 0.4) is 0 Å². The summed E-state index contributed by atoms with van der Waals surface area (Å²) in [5.74, 6) is -3.30. The maximum atomic E-state index is 14.7. The van der Waals surface area contributed by atoms with E-state index in [1.54, 1.807) is 0 Å². The van der Waals surface area contributed by atoms with Crippen LogP contribution in [0.15, 0.2) is 47.3 Å². The number of alkyl halides is 3. The Labute approximate surface area is 196 Å².